The number of hydrogen-bond donors (Lipinski definition) is 1. The number of hydrogen-bond acceptors (Lipinski definition) is 2. The summed E-state index contributed by atoms with van der Waals surface area (Å²) in [6.07, 6.45) is 0. The molecule has 0 aliphatic heterocycles. The van der Waals surface area contributed by atoms with Crippen LogP contribution in [0.15, 0.2) is 36.4 Å². The van der Waals surface area contributed by atoms with Gasteiger partial charge in [0, 0.05) is 11.8 Å². The van der Waals surface area contributed by atoms with E-state index in [0.717, 1.165) is 17.7 Å². The van der Waals surface area contributed by atoms with E-state index in [0.29, 0.717) is 11.7 Å². The van der Waals surface area contributed by atoms with Crippen LogP contribution in [0.4, 0.5) is 14.5 Å². The fourth-order valence-corrected chi connectivity index (χ4v) is 2.31. The predicted molar refractivity (Wildman–Crippen MR) is 85.8 cm³/mol. The van der Waals surface area contributed by atoms with Gasteiger partial charge >= 0.3 is 0 Å². The molecule has 0 saturated carbocycles. The maximum Gasteiger partial charge on any atom is 0.262 e. The van der Waals surface area contributed by atoms with Crippen molar-refractivity contribution in [2.45, 2.75) is 26.7 Å². The zero-order valence-corrected chi connectivity index (χ0v) is 13.3. The summed E-state index contributed by atoms with van der Waals surface area (Å²) in [6.45, 7) is 6.00. The molecule has 2 rings (SSSR count). The number of ether oxygens (including phenoxy) is 1. The van der Waals surface area contributed by atoms with Crippen LogP contribution in [0.1, 0.15) is 30.9 Å². The maximum atomic E-state index is 13.1. The largest absolute Gasteiger partial charge is 0.484 e. The molecule has 3 nitrogen and oxygen atoms in total. The molecule has 1 amide bonds. The Bertz CT molecular complexity index is 714. The topological polar surface area (TPSA) is 38.3 Å². The van der Waals surface area contributed by atoms with Crippen LogP contribution in [-0.4, -0.2) is 12.5 Å². The van der Waals surface area contributed by atoms with E-state index in [1.807, 2.05) is 25.1 Å². The van der Waals surface area contributed by atoms with Gasteiger partial charge in [-0.2, -0.15) is 0 Å². The van der Waals surface area contributed by atoms with Crippen LogP contribution in [0, 0.1) is 18.6 Å². The molecular formula is C18H19F2NO2. The molecule has 1 N–H and O–H groups in total. The Morgan fingerprint density at radius 2 is 1.87 bits per heavy atom. The van der Waals surface area contributed by atoms with E-state index < -0.39 is 17.5 Å². The van der Waals surface area contributed by atoms with Gasteiger partial charge in [0.15, 0.2) is 18.2 Å². The van der Waals surface area contributed by atoms with E-state index in [-0.39, 0.29) is 12.3 Å². The lowest BCUT2D eigenvalue weighted by atomic mass is 9.98. The highest BCUT2D eigenvalue weighted by Gasteiger charge is 2.08. The van der Waals surface area contributed by atoms with Gasteiger partial charge in [-0.15, -0.1) is 0 Å². The van der Waals surface area contributed by atoms with Crippen molar-refractivity contribution in [3.63, 3.8) is 0 Å². The smallest absolute Gasteiger partial charge is 0.262 e. The average molecular weight is 319 g/mol. The summed E-state index contributed by atoms with van der Waals surface area (Å²) in [7, 11) is 0. The molecule has 5 heteroatoms. The lowest BCUT2D eigenvalue weighted by Gasteiger charge is -2.12. The number of halogens is 2. The number of anilines is 1. The second kappa shape index (κ2) is 7.22. The van der Waals surface area contributed by atoms with Gasteiger partial charge in [0.05, 0.1) is 0 Å². The molecule has 0 aromatic heterocycles. The van der Waals surface area contributed by atoms with Crippen molar-refractivity contribution in [1.29, 1.82) is 0 Å². The lowest BCUT2D eigenvalue weighted by molar-refractivity contribution is -0.118. The van der Waals surface area contributed by atoms with E-state index in [2.05, 4.69) is 19.2 Å². The first-order valence-corrected chi connectivity index (χ1v) is 7.35. The molecule has 0 fully saturated rings. The number of aryl methyl sites for hydroxylation is 1. The van der Waals surface area contributed by atoms with Crippen LogP contribution in [0.25, 0.3) is 0 Å². The van der Waals surface area contributed by atoms with E-state index >= 15 is 0 Å². The lowest BCUT2D eigenvalue weighted by Crippen LogP contribution is -2.20. The van der Waals surface area contributed by atoms with E-state index in [4.69, 9.17) is 4.74 Å². The van der Waals surface area contributed by atoms with E-state index in [1.54, 1.807) is 0 Å². The van der Waals surface area contributed by atoms with Gasteiger partial charge in [-0.1, -0.05) is 19.9 Å². The van der Waals surface area contributed by atoms with Crippen molar-refractivity contribution >= 4 is 11.6 Å². The molecule has 0 aliphatic rings. The van der Waals surface area contributed by atoms with Gasteiger partial charge in [0.25, 0.3) is 5.91 Å². The summed E-state index contributed by atoms with van der Waals surface area (Å²) in [5.41, 5.74) is 2.51. The van der Waals surface area contributed by atoms with Crippen LogP contribution < -0.4 is 10.1 Å². The number of carbonyl (C=O) groups excluding carboxylic acids is 1. The first-order chi connectivity index (χ1) is 10.9. The van der Waals surface area contributed by atoms with Crippen LogP contribution >= 0.6 is 0 Å². The van der Waals surface area contributed by atoms with Crippen LogP contribution in [-0.2, 0) is 4.79 Å². The van der Waals surface area contributed by atoms with Gasteiger partial charge in [0.2, 0.25) is 0 Å². The molecule has 0 heterocycles. The zero-order valence-electron chi connectivity index (χ0n) is 13.3. The number of benzene rings is 2. The molecule has 0 bridgehead atoms. The Hall–Kier alpha value is -2.43. The minimum Gasteiger partial charge on any atom is -0.484 e. The monoisotopic (exact) mass is 319 g/mol. The SMILES string of the molecule is Cc1cc(OCC(=O)Nc2ccc(F)c(F)c2)ccc1C(C)C. The zero-order chi connectivity index (χ0) is 17.0. The van der Waals surface area contributed by atoms with Crippen molar-refractivity contribution < 1.29 is 18.3 Å². The molecule has 0 unspecified atom stereocenters. The number of amides is 1. The Kier molecular flexibility index (Phi) is 5.32. The summed E-state index contributed by atoms with van der Waals surface area (Å²) in [5.74, 6) is -1.40. The second-order valence-electron chi connectivity index (χ2n) is 5.64. The summed E-state index contributed by atoms with van der Waals surface area (Å²) in [6, 6.07) is 8.84. The molecule has 23 heavy (non-hydrogen) atoms. The molecule has 0 atom stereocenters. The maximum absolute atomic E-state index is 13.1. The quantitative estimate of drug-likeness (QED) is 0.886. The summed E-state index contributed by atoms with van der Waals surface area (Å²) in [4.78, 5) is 11.8. The molecule has 0 spiro atoms. The van der Waals surface area contributed by atoms with Gasteiger partial charge in [0.1, 0.15) is 5.75 Å². The Labute approximate surface area is 134 Å². The molecular weight excluding hydrogens is 300 g/mol. The van der Waals surface area contributed by atoms with Gasteiger partial charge in [-0.3, -0.25) is 4.79 Å². The highest BCUT2D eigenvalue weighted by molar-refractivity contribution is 5.91. The third-order valence-electron chi connectivity index (χ3n) is 3.44. The van der Waals surface area contributed by atoms with Crippen LogP contribution in [0.3, 0.4) is 0 Å². The molecule has 0 saturated heterocycles. The number of rotatable bonds is 5. The van der Waals surface area contributed by atoms with Crippen molar-refractivity contribution in [3.8, 4) is 5.75 Å². The third kappa shape index (κ3) is 4.52. The van der Waals surface area contributed by atoms with Crippen molar-refractivity contribution in [2.24, 2.45) is 0 Å². The summed E-state index contributed by atoms with van der Waals surface area (Å²) in [5, 5.41) is 2.45. The summed E-state index contributed by atoms with van der Waals surface area (Å²) >= 11 is 0. The standard InChI is InChI=1S/C18H19F2NO2/c1-11(2)15-6-5-14(8-12(15)3)23-10-18(22)21-13-4-7-16(19)17(20)9-13/h4-9,11H,10H2,1-3H3,(H,21,22). The summed E-state index contributed by atoms with van der Waals surface area (Å²) < 4.78 is 31.3. The van der Waals surface area contributed by atoms with Crippen molar-refractivity contribution in [2.75, 3.05) is 11.9 Å². The van der Waals surface area contributed by atoms with Gasteiger partial charge in [-0.05, 0) is 48.2 Å². The Morgan fingerprint density at radius 3 is 2.48 bits per heavy atom. The fraction of sp³-hybridized carbons (Fsp3) is 0.278. The van der Waals surface area contributed by atoms with Gasteiger partial charge in [-0.25, -0.2) is 8.78 Å². The highest BCUT2D eigenvalue weighted by atomic mass is 19.2. The fourth-order valence-electron chi connectivity index (χ4n) is 2.31. The van der Waals surface area contributed by atoms with Gasteiger partial charge < -0.3 is 10.1 Å². The highest BCUT2D eigenvalue weighted by Crippen LogP contribution is 2.23. The molecule has 122 valence electrons. The molecule has 2 aromatic carbocycles. The average Bonchev–Trinajstić information content (AvgIpc) is 2.48. The predicted octanol–water partition coefficient (Wildman–Crippen LogP) is 4.41. The second-order valence-corrected chi connectivity index (χ2v) is 5.64. The van der Waals surface area contributed by atoms with Crippen molar-refractivity contribution in [1.82, 2.24) is 0 Å². The normalized spacial score (nSPS) is 10.7. The Morgan fingerprint density at radius 1 is 1.13 bits per heavy atom. The van der Waals surface area contributed by atoms with E-state index in [9.17, 15) is 13.6 Å². The first-order valence-electron chi connectivity index (χ1n) is 7.35. The molecule has 2 aromatic rings. The van der Waals surface area contributed by atoms with Crippen molar-refractivity contribution in [3.05, 3.63) is 59.2 Å². The minimum atomic E-state index is -1.01. The third-order valence-corrected chi connectivity index (χ3v) is 3.44. The van der Waals surface area contributed by atoms with E-state index in [1.165, 1.54) is 11.6 Å². The first kappa shape index (κ1) is 16.9. The van der Waals surface area contributed by atoms with Crippen LogP contribution in [0.2, 0.25) is 0 Å². The minimum absolute atomic E-state index is 0.184. The number of nitrogens with one attached hydrogen (secondary N) is 1. The number of carbonyl (C=O) groups is 1. The Balaban J connectivity index is 1.94. The molecule has 0 aliphatic carbocycles. The molecule has 0 radical (unpaired) electrons. The van der Waals surface area contributed by atoms with Crippen LogP contribution in [0.5, 0.6) is 5.75 Å².